The summed E-state index contributed by atoms with van der Waals surface area (Å²) in [7, 11) is 0. The van der Waals surface area contributed by atoms with Gasteiger partial charge in [0.05, 0.1) is 5.69 Å². The van der Waals surface area contributed by atoms with Crippen LogP contribution in [0.25, 0.3) is 0 Å². The molecular weight excluding hydrogens is 252 g/mol. The first-order valence-corrected chi connectivity index (χ1v) is 5.99. The molecule has 1 aromatic carbocycles. The van der Waals surface area contributed by atoms with Gasteiger partial charge < -0.3 is 9.84 Å². The molecule has 0 aliphatic rings. The van der Waals surface area contributed by atoms with Gasteiger partial charge >= 0.3 is 0 Å². The van der Waals surface area contributed by atoms with Gasteiger partial charge in [0.15, 0.2) is 0 Å². The van der Waals surface area contributed by atoms with Crippen molar-refractivity contribution >= 4 is 17.5 Å². The summed E-state index contributed by atoms with van der Waals surface area (Å²) in [6.45, 7) is 2.30. The van der Waals surface area contributed by atoms with E-state index in [0.29, 0.717) is 17.3 Å². The van der Waals surface area contributed by atoms with E-state index in [1.54, 1.807) is 13.0 Å². The van der Waals surface area contributed by atoms with E-state index in [-0.39, 0.29) is 11.7 Å². The molecule has 0 fully saturated rings. The number of hydrogen-bond donors (Lipinski definition) is 1. The minimum atomic E-state index is -0.252. The van der Waals surface area contributed by atoms with Crippen LogP contribution in [-0.4, -0.2) is 17.6 Å². The van der Waals surface area contributed by atoms with Crippen molar-refractivity contribution in [3.05, 3.63) is 52.4 Å². The number of aryl methyl sites for hydroxylation is 1. The monoisotopic (exact) mass is 264 g/mol. The molecule has 0 aliphatic heterocycles. The van der Waals surface area contributed by atoms with Gasteiger partial charge in [-0.15, -0.1) is 0 Å². The first kappa shape index (κ1) is 12.6. The summed E-state index contributed by atoms with van der Waals surface area (Å²) in [4.78, 5) is 11.6. The summed E-state index contributed by atoms with van der Waals surface area (Å²) >= 11 is 5.87. The molecule has 1 aromatic heterocycles. The second-order valence-electron chi connectivity index (χ2n) is 3.97. The molecular formula is C13H13ClN2O2. The fourth-order valence-corrected chi connectivity index (χ4v) is 1.78. The number of carbonyl (C=O) groups excluding carboxylic acids is 1. The zero-order valence-corrected chi connectivity index (χ0v) is 10.7. The van der Waals surface area contributed by atoms with Crippen LogP contribution in [0.2, 0.25) is 5.02 Å². The van der Waals surface area contributed by atoms with Crippen LogP contribution in [0.3, 0.4) is 0 Å². The normalized spacial score (nSPS) is 10.3. The van der Waals surface area contributed by atoms with Crippen molar-refractivity contribution in [1.82, 2.24) is 10.5 Å². The van der Waals surface area contributed by atoms with Crippen LogP contribution < -0.4 is 5.32 Å². The van der Waals surface area contributed by atoms with Gasteiger partial charge in [-0.1, -0.05) is 28.9 Å². The molecule has 94 valence electrons. The largest absolute Gasteiger partial charge is 0.351 e. The third-order valence-electron chi connectivity index (χ3n) is 2.44. The molecule has 0 spiro atoms. The summed E-state index contributed by atoms with van der Waals surface area (Å²) in [5.41, 5.74) is 1.77. The summed E-state index contributed by atoms with van der Waals surface area (Å²) in [6.07, 6.45) is 0.722. The van der Waals surface area contributed by atoms with Crippen molar-refractivity contribution in [2.24, 2.45) is 0 Å². The highest BCUT2D eigenvalue weighted by atomic mass is 35.5. The van der Waals surface area contributed by atoms with Crippen LogP contribution in [0.15, 0.2) is 34.9 Å². The van der Waals surface area contributed by atoms with Gasteiger partial charge in [-0.25, -0.2) is 0 Å². The number of rotatable bonds is 4. The first-order chi connectivity index (χ1) is 8.65. The number of amides is 1. The van der Waals surface area contributed by atoms with Gasteiger partial charge in [0, 0.05) is 17.6 Å². The highest BCUT2D eigenvalue weighted by Crippen LogP contribution is 2.10. The Hall–Kier alpha value is -1.81. The van der Waals surface area contributed by atoms with E-state index in [2.05, 4.69) is 10.5 Å². The predicted molar refractivity (Wildman–Crippen MR) is 68.7 cm³/mol. The van der Waals surface area contributed by atoms with E-state index in [1.807, 2.05) is 24.3 Å². The van der Waals surface area contributed by atoms with Gasteiger partial charge in [-0.3, -0.25) is 4.79 Å². The zero-order chi connectivity index (χ0) is 13.0. The molecule has 0 unspecified atom stereocenters. The van der Waals surface area contributed by atoms with Crippen molar-refractivity contribution in [2.45, 2.75) is 13.3 Å². The smallest absolute Gasteiger partial charge is 0.289 e. The number of halogens is 1. The third-order valence-corrected chi connectivity index (χ3v) is 2.68. The number of nitrogens with one attached hydrogen (secondary N) is 1. The fourth-order valence-electron chi connectivity index (χ4n) is 1.57. The molecule has 0 atom stereocenters. The quantitative estimate of drug-likeness (QED) is 0.924. The van der Waals surface area contributed by atoms with E-state index >= 15 is 0 Å². The molecule has 0 saturated heterocycles. The molecule has 4 nitrogen and oxygen atoms in total. The van der Waals surface area contributed by atoms with E-state index in [4.69, 9.17) is 16.1 Å². The van der Waals surface area contributed by atoms with Gasteiger partial charge in [-0.05, 0) is 31.0 Å². The second-order valence-corrected chi connectivity index (χ2v) is 4.40. The van der Waals surface area contributed by atoms with Crippen LogP contribution in [0.1, 0.15) is 21.8 Å². The topological polar surface area (TPSA) is 55.1 Å². The number of benzene rings is 1. The lowest BCUT2D eigenvalue weighted by Gasteiger charge is -2.03. The number of aromatic nitrogens is 1. The average molecular weight is 265 g/mol. The van der Waals surface area contributed by atoms with Crippen molar-refractivity contribution in [3.63, 3.8) is 0 Å². The van der Waals surface area contributed by atoms with Gasteiger partial charge in [0.25, 0.3) is 5.91 Å². The molecule has 2 rings (SSSR count). The van der Waals surface area contributed by atoms with E-state index < -0.39 is 0 Å². The average Bonchev–Trinajstić information content (AvgIpc) is 2.76. The van der Waals surface area contributed by atoms with Gasteiger partial charge in [0.1, 0.15) is 0 Å². The summed E-state index contributed by atoms with van der Waals surface area (Å²) < 4.78 is 4.86. The Bertz CT molecular complexity index is 551. The molecule has 0 aliphatic carbocycles. The summed E-state index contributed by atoms with van der Waals surface area (Å²) in [5, 5.41) is 7.13. The second kappa shape index (κ2) is 5.69. The maximum Gasteiger partial charge on any atom is 0.289 e. The highest BCUT2D eigenvalue weighted by Gasteiger charge is 2.10. The maximum atomic E-state index is 11.6. The lowest BCUT2D eigenvalue weighted by molar-refractivity contribution is 0.0917. The molecule has 0 saturated carbocycles. The Labute approximate surface area is 110 Å². The minimum Gasteiger partial charge on any atom is -0.351 e. The number of nitrogens with zero attached hydrogens (tertiary/aromatic N) is 1. The lowest BCUT2D eigenvalue weighted by Crippen LogP contribution is -2.25. The van der Waals surface area contributed by atoms with Gasteiger partial charge in [-0.2, -0.15) is 0 Å². The lowest BCUT2D eigenvalue weighted by atomic mass is 10.1. The SMILES string of the molecule is Cc1cc(C(=O)NCCc2cccc(Cl)c2)on1. The van der Waals surface area contributed by atoms with Crippen LogP contribution in [0.5, 0.6) is 0 Å². The van der Waals surface area contributed by atoms with Crippen LogP contribution in [-0.2, 0) is 6.42 Å². The molecule has 0 radical (unpaired) electrons. The van der Waals surface area contributed by atoms with E-state index in [1.165, 1.54) is 0 Å². The van der Waals surface area contributed by atoms with E-state index in [0.717, 1.165) is 12.0 Å². The zero-order valence-electron chi connectivity index (χ0n) is 9.94. The first-order valence-electron chi connectivity index (χ1n) is 5.61. The van der Waals surface area contributed by atoms with Crippen molar-refractivity contribution in [3.8, 4) is 0 Å². The van der Waals surface area contributed by atoms with Crippen molar-refractivity contribution < 1.29 is 9.32 Å². The Morgan fingerprint density at radius 3 is 2.94 bits per heavy atom. The summed E-state index contributed by atoms with van der Waals surface area (Å²) in [6, 6.07) is 9.16. The number of carbonyl (C=O) groups is 1. The van der Waals surface area contributed by atoms with Gasteiger partial charge in [0.2, 0.25) is 5.76 Å². The maximum absolute atomic E-state index is 11.6. The van der Waals surface area contributed by atoms with Crippen LogP contribution in [0, 0.1) is 6.92 Å². The minimum absolute atomic E-state index is 0.235. The molecule has 0 bridgehead atoms. The van der Waals surface area contributed by atoms with Crippen LogP contribution >= 0.6 is 11.6 Å². The standard InChI is InChI=1S/C13H13ClN2O2/c1-9-7-12(18-16-9)13(17)15-6-5-10-3-2-4-11(14)8-10/h2-4,7-8H,5-6H2,1H3,(H,15,17). The third kappa shape index (κ3) is 3.34. The van der Waals surface area contributed by atoms with E-state index in [9.17, 15) is 4.79 Å². The van der Waals surface area contributed by atoms with Crippen LogP contribution in [0.4, 0.5) is 0 Å². The Morgan fingerprint density at radius 2 is 2.28 bits per heavy atom. The predicted octanol–water partition coefficient (Wildman–Crippen LogP) is 2.61. The molecule has 1 heterocycles. The molecule has 5 heteroatoms. The highest BCUT2D eigenvalue weighted by molar-refractivity contribution is 6.30. The Balaban J connectivity index is 1.84. The Kier molecular flexibility index (Phi) is 3.99. The molecule has 18 heavy (non-hydrogen) atoms. The number of hydrogen-bond acceptors (Lipinski definition) is 3. The molecule has 2 aromatic rings. The fraction of sp³-hybridized carbons (Fsp3) is 0.231. The Morgan fingerprint density at radius 1 is 1.44 bits per heavy atom. The van der Waals surface area contributed by atoms with Crippen molar-refractivity contribution in [2.75, 3.05) is 6.54 Å². The summed E-state index contributed by atoms with van der Waals surface area (Å²) in [5.74, 6) is -0.0174. The molecule has 1 N–H and O–H groups in total. The van der Waals surface area contributed by atoms with Crippen molar-refractivity contribution in [1.29, 1.82) is 0 Å². The molecule has 1 amide bonds.